The average Bonchev–Trinajstić information content (AvgIpc) is 2.76. The lowest BCUT2D eigenvalue weighted by atomic mass is 10.1. The standard InChI is InChI=1S/C17H16BrNO/c1-12-10-13-6-2-5-9-16(13)19(12)11-17(20)14-7-3-4-8-15(14)18/h2-9,12H,10-11H2,1H3. The maximum Gasteiger partial charge on any atom is 0.183 e. The summed E-state index contributed by atoms with van der Waals surface area (Å²) in [6.07, 6.45) is 1.01. The Bertz CT molecular complexity index is 653. The molecule has 2 aromatic carbocycles. The van der Waals surface area contributed by atoms with E-state index in [1.54, 1.807) is 0 Å². The number of ketones is 1. The van der Waals surface area contributed by atoms with Crippen LogP contribution in [-0.4, -0.2) is 18.4 Å². The van der Waals surface area contributed by atoms with E-state index in [1.165, 1.54) is 11.3 Å². The SMILES string of the molecule is CC1Cc2ccccc2N1CC(=O)c1ccccc1Br. The molecular weight excluding hydrogens is 314 g/mol. The summed E-state index contributed by atoms with van der Waals surface area (Å²) >= 11 is 3.45. The first kappa shape index (κ1) is 13.4. The molecule has 0 spiro atoms. The second kappa shape index (κ2) is 5.41. The van der Waals surface area contributed by atoms with Crippen molar-refractivity contribution in [1.82, 2.24) is 0 Å². The quantitative estimate of drug-likeness (QED) is 0.791. The van der Waals surface area contributed by atoms with Crippen LogP contribution in [0.3, 0.4) is 0 Å². The van der Waals surface area contributed by atoms with Gasteiger partial charge in [0.05, 0.1) is 6.54 Å². The van der Waals surface area contributed by atoms with Gasteiger partial charge >= 0.3 is 0 Å². The van der Waals surface area contributed by atoms with Crippen LogP contribution in [0.4, 0.5) is 5.69 Å². The lowest BCUT2D eigenvalue weighted by Crippen LogP contribution is -2.34. The van der Waals surface area contributed by atoms with Gasteiger partial charge < -0.3 is 4.90 Å². The molecule has 0 amide bonds. The van der Waals surface area contributed by atoms with Gasteiger partial charge in [0.15, 0.2) is 5.78 Å². The number of halogens is 1. The van der Waals surface area contributed by atoms with E-state index < -0.39 is 0 Å². The molecule has 1 atom stereocenters. The monoisotopic (exact) mass is 329 g/mol. The lowest BCUT2D eigenvalue weighted by Gasteiger charge is -2.24. The summed E-state index contributed by atoms with van der Waals surface area (Å²) in [5, 5.41) is 0. The third-order valence-electron chi connectivity index (χ3n) is 3.84. The molecule has 2 nitrogen and oxygen atoms in total. The van der Waals surface area contributed by atoms with E-state index in [1.807, 2.05) is 30.3 Å². The summed E-state index contributed by atoms with van der Waals surface area (Å²) in [7, 11) is 0. The zero-order chi connectivity index (χ0) is 14.1. The number of hydrogen-bond acceptors (Lipinski definition) is 2. The van der Waals surface area contributed by atoms with E-state index in [-0.39, 0.29) is 5.78 Å². The summed E-state index contributed by atoms with van der Waals surface area (Å²) in [5.74, 6) is 0.154. The summed E-state index contributed by atoms with van der Waals surface area (Å²) in [6, 6.07) is 16.3. The number of nitrogens with zero attached hydrogens (tertiary/aromatic N) is 1. The number of anilines is 1. The summed E-state index contributed by atoms with van der Waals surface area (Å²) in [5.41, 5.74) is 3.28. The topological polar surface area (TPSA) is 20.3 Å². The minimum atomic E-state index is 0.154. The summed E-state index contributed by atoms with van der Waals surface area (Å²) < 4.78 is 0.866. The Hall–Kier alpha value is -1.61. The number of para-hydroxylation sites is 1. The molecule has 0 aromatic heterocycles. The molecule has 20 heavy (non-hydrogen) atoms. The smallest absolute Gasteiger partial charge is 0.183 e. The molecule has 0 saturated heterocycles. The predicted octanol–water partition coefficient (Wildman–Crippen LogP) is 4.08. The Kier molecular flexibility index (Phi) is 3.62. The van der Waals surface area contributed by atoms with Crippen LogP contribution in [-0.2, 0) is 6.42 Å². The molecule has 3 heteroatoms. The first-order valence-corrected chi connectivity index (χ1v) is 7.58. The molecule has 1 unspecified atom stereocenters. The van der Waals surface area contributed by atoms with Crippen molar-refractivity contribution < 1.29 is 4.79 Å². The molecule has 0 aliphatic carbocycles. The van der Waals surface area contributed by atoms with Gasteiger partial charge in [-0.05, 0) is 31.0 Å². The fraction of sp³-hybridized carbons (Fsp3) is 0.235. The van der Waals surface area contributed by atoms with Crippen molar-refractivity contribution in [3.05, 3.63) is 64.1 Å². The largest absolute Gasteiger partial charge is 0.361 e. The first-order chi connectivity index (χ1) is 9.66. The van der Waals surface area contributed by atoms with Gasteiger partial charge in [-0.25, -0.2) is 0 Å². The van der Waals surface area contributed by atoms with Crippen LogP contribution in [0.5, 0.6) is 0 Å². The van der Waals surface area contributed by atoms with Gasteiger partial charge in [0.2, 0.25) is 0 Å². The van der Waals surface area contributed by atoms with E-state index in [4.69, 9.17) is 0 Å². The van der Waals surface area contributed by atoms with Gasteiger partial charge in [-0.2, -0.15) is 0 Å². The highest BCUT2D eigenvalue weighted by molar-refractivity contribution is 9.10. The van der Waals surface area contributed by atoms with Crippen molar-refractivity contribution in [3.63, 3.8) is 0 Å². The van der Waals surface area contributed by atoms with Crippen molar-refractivity contribution in [1.29, 1.82) is 0 Å². The van der Waals surface area contributed by atoms with Crippen LogP contribution in [0, 0.1) is 0 Å². The van der Waals surface area contributed by atoms with E-state index in [0.29, 0.717) is 12.6 Å². The average molecular weight is 330 g/mol. The Morgan fingerprint density at radius 2 is 1.90 bits per heavy atom. The molecule has 102 valence electrons. The van der Waals surface area contributed by atoms with Crippen LogP contribution >= 0.6 is 15.9 Å². The summed E-state index contributed by atoms with van der Waals surface area (Å²) in [4.78, 5) is 14.7. The molecule has 1 aliphatic heterocycles. The van der Waals surface area contributed by atoms with E-state index in [2.05, 4.69) is 46.0 Å². The van der Waals surface area contributed by atoms with Gasteiger partial charge in [-0.1, -0.05) is 52.3 Å². The van der Waals surface area contributed by atoms with E-state index >= 15 is 0 Å². The number of rotatable bonds is 3. The molecule has 3 rings (SSSR count). The van der Waals surface area contributed by atoms with E-state index in [0.717, 1.165) is 16.5 Å². The number of Topliss-reactive ketones (excluding diaryl/α,β-unsaturated/α-hetero) is 1. The molecule has 0 N–H and O–H groups in total. The molecule has 0 bridgehead atoms. The van der Waals surface area contributed by atoms with Gasteiger partial charge in [0, 0.05) is 21.8 Å². The third-order valence-corrected chi connectivity index (χ3v) is 4.53. The maximum atomic E-state index is 12.5. The van der Waals surface area contributed by atoms with E-state index in [9.17, 15) is 4.79 Å². The molecule has 0 saturated carbocycles. The lowest BCUT2D eigenvalue weighted by molar-refractivity contribution is 0.0997. The van der Waals surface area contributed by atoms with Crippen LogP contribution in [0.1, 0.15) is 22.8 Å². The van der Waals surface area contributed by atoms with Gasteiger partial charge in [0.1, 0.15) is 0 Å². The van der Waals surface area contributed by atoms with Gasteiger partial charge in [0.25, 0.3) is 0 Å². The predicted molar refractivity (Wildman–Crippen MR) is 85.4 cm³/mol. The maximum absolute atomic E-state index is 12.5. The molecule has 1 heterocycles. The van der Waals surface area contributed by atoms with Crippen molar-refractivity contribution in [3.8, 4) is 0 Å². The minimum Gasteiger partial charge on any atom is -0.361 e. The highest BCUT2D eigenvalue weighted by Gasteiger charge is 2.27. The zero-order valence-corrected chi connectivity index (χ0v) is 12.9. The second-order valence-corrected chi connectivity index (χ2v) is 6.07. The molecule has 0 fully saturated rings. The van der Waals surface area contributed by atoms with Crippen LogP contribution in [0.15, 0.2) is 53.0 Å². The number of benzene rings is 2. The normalized spacial score (nSPS) is 17.1. The van der Waals surface area contributed by atoms with Crippen molar-refractivity contribution >= 4 is 27.4 Å². The zero-order valence-electron chi connectivity index (χ0n) is 11.3. The Labute approximate surface area is 127 Å². The molecule has 0 radical (unpaired) electrons. The highest BCUT2D eigenvalue weighted by Crippen LogP contribution is 2.32. The minimum absolute atomic E-state index is 0.154. The number of hydrogen-bond donors (Lipinski definition) is 0. The molecule has 2 aromatic rings. The van der Waals surface area contributed by atoms with Crippen molar-refractivity contribution in [2.24, 2.45) is 0 Å². The van der Waals surface area contributed by atoms with Crippen LogP contribution < -0.4 is 4.90 Å². The Morgan fingerprint density at radius 3 is 2.70 bits per heavy atom. The highest BCUT2D eigenvalue weighted by atomic mass is 79.9. The Balaban J connectivity index is 1.85. The third kappa shape index (κ3) is 2.38. The van der Waals surface area contributed by atoms with Crippen LogP contribution in [0.25, 0.3) is 0 Å². The number of carbonyl (C=O) groups is 1. The summed E-state index contributed by atoms with van der Waals surface area (Å²) in [6.45, 7) is 2.61. The molecule has 1 aliphatic rings. The van der Waals surface area contributed by atoms with Crippen molar-refractivity contribution in [2.75, 3.05) is 11.4 Å². The second-order valence-electron chi connectivity index (χ2n) is 5.21. The van der Waals surface area contributed by atoms with Gasteiger partial charge in [-0.3, -0.25) is 4.79 Å². The van der Waals surface area contributed by atoms with Crippen molar-refractivity contribution in [2.45, 2.75) is 19.4 Å². The van der Waals surface area contributed by atoms with Crippen LogP contribution in [0.2, 0.25) is 0 Å². The first-order valence-electron chi connectivity index (χ1n) is 6.79. The Morgan fingerprint density at radius 1 is 1.20 bits per heavy atom. The number of fused-ring (bicyclic) bond motifs is 1. The fourth-order valence-electron chi connectivity index (χ4n) is 2.80. The fourth-order valence-corrected chi connectivity index (χ4v) is 3.30. The number of carbonyl (C=O) groups excluding carboxylic acids is 1. The molecular formula is C17H16BrNO. The van der Waals surface area contributed by atoms with Gasteiger partial charge in [-0.15, -0.1) is 0 Å².